The minimum absolute atomic E-state index is 0.0984. The van der Waals surface area contributed by atoms with Gasteiger partial charge in [0.25, 0.3) is 0 Å². The van der Waals surface area contributed by atoms with Crippen molar-refractivity contribution in [2.45, 2.75) is 39.2 Å². The lowest BCUT2D eigenvalue weighted by atomic mass is 10.2. The van der Waals surface area contributed by atoms with Crippen molar-refractivity contribution in [3.05, 3.63) is 0 Å². The molecule has 0 aliphatic carbocycles. The molecule has 0 rings (SSSR count). The summed E-state index contributed by atoms with van der Waals surface area (Å²) < 4.78 is 0. The summed E-state index contributed by atoms with van der Waals surface area (Å²) in [6, 6.07) is 0. The molecule has 1 unspecified atom stereocenters. The molecule has 3 N–H and O–H groups in total. The average Bonchev–Trinajstić information content (AvgIpc) is 2.20. The third kappa shape index (κ3) is 7.93. The molecule has 0 radical (unpaired) electrons. The van der Waals surface area contributed by atoms with E-state index in [9.17, 15) is 9.59 Å². The monoisotopic (exact) mass is 216 g/mol. The summed E-state index contributed by atoms with van der Waals surface area (Å²) >= 11 is 0. The Morgan fingerprint density at radius 2 is 1.80 bits per heavy atom. The Balaban J connectivity index is 3.56. The van der Waals surface area contributed by atoms with Crippen LogP contribution in [0.15, 0.2) is 0 Å². The summed E-state index contributed by atoms with van der Waals surface area (Å²) in [6.45, 7) is 4.23. The van der Waals surface area contributed by atoms with E-state index in [1.807, 2.05) is 0 Å². The van der Waals surface area contributed by atoms with Crippen molar-refractivity contribution in [1.82, 2.24) is 10.6 Å². The number of carbonyl (C=O) groups excluding carboxylic acids is 2. The number of aliphatic hydroxyl groups is 1. The normalized spacial score (nSPS) is 11.9. The van der Waals surface area contributed by atoms with Crippen LogP contribution in [0.25, 0.3) is 0 Å². The highest BCUT2D eigenvalue weighted by atomic mass is 16.3. The highest BCUT2D eigenvalue weighted by Gasteiger charge is 2.12. The maximum atomic E-state index is 11.1. The number of hydrogen-bond acceptors (Lipinski definition) is 3. The third-order valence-electron chi connectivity index (χ3n) is 1.83. The van der Waals surface area contributed by atoms with Gasteiger partial charge in [0, 0.05) is 13.1 Å². The van der Waals surface area contributed by atoms with Crippen molar-refractivity contribution in [3.63, 3.8) is 0 Å². The largest absolute Gasteiger partial charge is 0.392 e. The zero-order valence-electron chi connectivity index (χ0n) is 9.38. The second kappa shape index (κ2) is 8.23. The van der Waals surface area contributed by atoms with Crippen molar-refractivity contribution in [1.29, 1.82) is 0 Å². The van der Waals surface area contributed by atoms with Crippen LogP contribution in [0.5, 0.6) is 0 Å². The minimum atomic E-state index is -0.688. The summed E-state index contributed by atoms with van der Waals surface area (Å²) in [4.78, 5) is 22.2. The van der Waals surface area contributed by atoms with Crippen LogP contribution in [0, 0.1) is 0 Å². The Kier molecular flexibility index (Phi) is 7.62. The van der Waals surface area contributed by atoms with Crippen LogP contribution in [0.1, 0.15) is 33.1 Å². The third-order valence-corrected chi connectivity index (χ3v) is 1.83. The first-order valence-electron chi connectivity index (χ1n) is 5.32. The number of amides is 2. The molecule has 0 saturated heterocycles. The fraction of sp³-hybridized carbons (Fsp3) is 0.800. The summed E-state index contributed by atoms with van der Waals surface area (Å²) in [5.74, 6) is -1.32. The van der Waals surface area contributed by atoms with Crippen molar-refractivity contribution >= 4 is 11.8 Å². The number of rotatable bonds is 6. The van der Waals surface area contributed by atoms with Gasteiger partial charge in [-0.25, -0.2) is 0 Å². The molecule has 15 heavy (non-hydrogen) atoms. The molecular formula is C10H20N2O3. The van der Waals surface area contributed by atoms with Gasteiger partial charge in [-0.15, -0.1) is 0 Å². The number of hydrogen-bond donors (Lipinski definition) is 3. The molecule has 88 valence electrons. The van der Waals surface area contributed by atoms with Gasteiger partial charge in [-0.05, 0) is 13.3 Å². The lowest BCUT2D eigenvalue weighted by Crippen LogP contribution is -2.42. The van der Waals surface area contributed by atoms with Crippen molar-refractivity contribution in [3.8, 4) is 0 Å². The Bertz CT molecular complexity index is 205. The standard InChI is InChI=1S/C10H20N2O3/c1-3-4-5-6-11-9(14)10(15)12-7-8(2)13/h8,13H,3-7H2,1-2H3,(H,11,14)(H,12,15). The molecule has 0 fully saturated rings. The number of carbonyl (C=O) groups is 2. The molecule has 0 aliphatic rings. The number of aliphatic hydroxyl groups excluding tert-OH is 1. The van der Waals surface area contributed by atoms with Crippen LogP contribution in [-0.4, -0.2) is 36.1 Å². The highest BCUT2D eigenvalue weighted by Crippen LogP contribution is 1.90. The van der Waals surface area contributed by atoms with E-state index in [1.54, 1.807) is 6.92 Å². The van der Waals surface area contributed by atoms with Crippen molar-refractivity contribution < 1.29 is 14.7 Å². The molecule has 0 aliphatic heterocycles. The number of nitrogens with one attached hydrogen (secondary N) is 2. The Hall–Kier alpha value is -1.10. The van der Waals surface area contributed by atoms with Gasteiger partial charge < -0.3 is 15.7 Å². The molecule has 0 aromatic carbocycles. The van der Waals surface area contributed by atoms with Gasteiger partial charge in [-0.3, -0.25) is 9.59 Å². The molecule has 0 aromatic heterocycles. The fourth-order valence-electron chi connectivity index (χ4n) is 0.978. The molecule has 5 heteroatoms. The SMILES string of the molecule is CCCCCNC(=O)C(=O)NCC(C)O. The van der Waals surface area contributed by atoms with Gasteiger partial charge in [-0.2, -0.15) is 0 Å². The maximum Gasteiger partial charge on any atom is 0.309 e. The maximum absolute atomic E-state index is 11.1. The molecule has 0 bridgehead atoms. The molecule has 2 amide bonds. The van der Waals surface area contributed by atoms with E-state index in [4.69, 9.17) is 5.11 Å². The van der Waals surface area contributed by atoms with Crippen LogP contribution in [-0.2, 0) is 9.59 Å². The van der Waals surface area contributed by atoms with E-state index in [0.717, 1.165) is 19.3 Å². The zero-order chi connectivity index (χ0) is 11.7. The quantitative estimate of drug-likeness (QED) is 0.424. The van der Waals surface area contributed by atoms with E-state index in [-0.39, 0.29) is 6.54 Å². The minimum Gasteiger partial charge on any atom is -0.392 e. The molecule has 0 spiro atoms. The van der Waals surface area contributed by atoms with Crippen molar-refractivity contribution in [2.24, 2.45) is 0 Å². The van der Waals surface area contributed by atoms with Gasteiger partial charge in [0.05, 0.1) is 6.10 Å². The Morgan fingerprint density at radius 3 is 2.33 bits per heavy atom. The van der Waals surface area contributed by atoms with Gasteiger partial charge in [-0.1, -0.05) is 19.8 Å². The van der Waals surface area contributed by atoms with E-state index >= 15 is 0 Å². The summed E-state index contributed by atoms with van der Waals surface area (Å²) in [5, 5.41) is 13.7. The van der Waals surface area contributed by atoms with Crippen LogP contribution in [0.2, 0.25) is 0 Å². The van der Waals surface area contributed by atoms with E-state index < -0.39 is 17.9 Å². The second-order valence-electron chi connectivity index (χ2n) is 3.52. The van der Waals surface area contributed by atoms with Crippen LogP contribution >= 0.6 is 0 Å². The molecule has 0 heterocycles. The molecule has 0 saturated carbocycles. The first-order chi connectivity index (χ1) is 7.07. The zero-order valence-corrected chi connectivity index (χ0v) is 9.38. The van der Waals surface area contributed by atoms with Crippen molar-refractivity contribution in [2.75, 3.05) is 13.1 Å². The molecular weight excluding hydrogens is 196 g/mol. The average molecular weight is 216 g/mol. The summed E-state index contributed by atoms with van der Waals surface area (Å²) in [6.07, 6.45) is 2.35. The van der Waals surface area contributed by atoms with Gasteiger partial charge in [0.2, 0.25) is 0 Å². The molecule has 0 aromatic rings. The predicted octanol–water partition coefficient (Wildman–Crippen LogP) is -0.210. The van der Waals surface area contributed by atoms with Gasteiger partial charge in [0.1, 0.15) is 0 Å². The first kappa shape index (κ1) is 13.9. The van der Waals surface area contributed by atoms with Gasteiger partial charge in [0.15, 0.2) is 0 Å². The summed E-state index contributed by atoms with van der Waals surface area (Å²) in [7, 11) is 0. The lowest BCUT2D eigenvalue weighted by molar-refractivity contribution is -0.139. The molecule has 1 atom stereocenters. The summed E-state index contributed by atoms with van der Waals surface area (Å²) in [5.41, 5.74) is 0. The molecule has 5 nitrogen and oxygen atoms in total. The van der Waals surface area contributed by atoms with Crippen LogP contribution in [0.3, 0.4) is 0 Å². The van der Waals surface area contributed by atoms with Gasteiger partial charge >= 0.3 is 11.8 Å². The van der Waals surface area contributed by atoms with Crippen LogP contribution in [0.4, 0.5) is 0 Å². The lowest BCUT2D eigenvalue weighted by Gasteiger charge is -2.07. The highest BCUT2D eigenvalue weighted by molar-refractivity contribution is 6.35. The van der Waals surface area contributed by atoms with Crippen LogP contribution < -0.4 is 10.6 Å². The predicted molar refractivity (Wildman–Crippen MR) is 57.2 cm³/mol. The fourth-order valence-corrected chi connectivity index (χ4v) is 0.978. The van der Waals surface area contributed by atoms with E-state index in [2.05, 4.69) is 17.6 Å². The first-order valence-corrected chi connectivity index (χ1v) is 5.32. The topological polar surface area (TPSA) is 78.4 Å². The Labute approximate surface area is 90.2 Å². The smallest absolute Gasteiger partial charge is 0.309 e. The number of unbranched alkanes of at least 4 members (excludes halogenated alkanes) is 2. The van der Waals surface area contributed by atoms with E-state index in [0.29, 0.717) is 6.54 Å². The van der Waals surface area contributed by atoms with E-state index in [1.165, 1.54) is 0 Å². The second-order valence-corrected chi connectivity index (χ2v) is 3.52. The Morgan fingerprint density at radius 1 is 1.20 bits per heavy atom.